The van der Waals surface area contributed by atoms with E-state index in [1.165, 1.54) is 32.3 Å². The van der Waals surface area contributed by atoms with Gasteiger partial charge in [-0.25, -0.2) is 0 Å². The molecule has 5 rings (SSSR count). The normalized spacial score (nSPS) is 49.3. The Morgan fingerprint density at radius 3 is 2.24 bits per heavy atom. The maximum Gasteiger partial charge on any atom is 0.186 e. The summed E-state index contributed by atoms with van der Waals surface area (Å²) in [4.78, 5) is 0. The fourth-order valence-corrected chi connectivity index (χ4v) is 11.9. The molecule has 0 bridgehead atoms. The molecule has 0 aromatic rings. The Labute approximate surface area is 278 Å². The highest BCUT2D eigenvalue weighted by Gasteiger charge is 2.69. The smallest absolute Gasteiger partial charge is 0.186 e. The fourth-order valence-electron chi connectivity index (χ4n) is 11.9. The zero-order chi connectivity index (χ0) is 34.4. The van der Waals surface area contributed by atoms with E-state index in [2.05, 4.69) is 54.5 Å². The summed E-state index contributed by atoms with van der Waals surface area (Å²) in [6, 6.07) is 0. The third-order valence-electron chi connectivity index (χ3n) is 15.0. The topological polar surface area (TPSA) is 140 Å². The number of hydrogen-bond acceptors (Lipinski definition) is 8. The van der Waals surface area contributed by atoms with Gasteiger partial charge < -0.3 is 40.1 Å². The summed E-state index contributed by atoms with van der Waals surface area (Å²) >= 11 is 0. The maximum absolute atomic E-state index is 11.2. The predicted molar refractivity (Wildman–Crippen MR) is 177 cm³/mol. The van der Waals surface area contributed by atoms with Gasteiger partial charge in [0.2, 0.25) is 0 Å². The Kier molecular flexibility index (Phi) is 9.83. The molecule has 1 saturated heterocycles. The lowest BCUT2D eigenvalue weighted by Gasteiger charge is -2.69. The van der Waals surface area contributed by atoms with Crippen molar-refractivity contribution in [3.05, 3.63) is 11.6 Å². The predicted octanol–water partition coefficient (Wildman–Crippen LogP) is 4.96. The average molecular weight is 651 g/mol. The highest BCUT2D eigenvalue weighted by atomic mass is 16.7. The van der Waals surface area contributed by atoms with Gasteiger partial charge in [0, 0.05) is 5.41 Å². The van der Waals surface area contributed by atoms with E-state index in [0.29, 0.717) is 30.6 Å². The first-order valence-electron chi connectivity index (χ1n) is 18.3. The number of ether oxygens (including phenoxy) is 2. The van der Waals surface area contributed by atoms with E-state index in [1.54, 1.807) is 0 Å². The zero-order valence-electron chi connectivity index (χ0n) is 30.2. The van der Waals surface area contributed by atoms with E-state index in [-0.39, 0.29) is 39.6 Å². The van der Waals surface area contributed by atoms with Crippen LogP contribution in [0.3, 0.4) is 0 Å². The van der Waals surface area contributed by atoms with Gasteiger partial charge in [-0.05, 0) is 111 Å². The summed E-state index contributed by atoms with van der Waals surface area (Å²) in [6.07, 6.45) is 1.46. The van der Waals surface area contributed by atoms with Gasteiger partial charge in [-0.1, -0.05) is 67.0 Å². The van der Waals surface area contributed by atoms with Crippen molar-refractivity contribution in [1.82, 2.24) is 0 Å². The molecule has 266 valence electrons. The molecule has 5 aliphatic rings. The van der Waals surface area contributed by atoms with Crippen LogP contribution in [0.25, 0.3) is 0 Å². The molecular weight excluding hydrogens is 584 g/mol. The maximum atomic E-state index is 11.2. The second-order valence-corrected chi connectivity index (χ2v) is 18.2. The molecule has 8 nitrogen and oxygen atoms in total. The van der Waals surface area contributed by atoms with Crippen LogP contribution in [-0.2, 0) is 9.47 Å². The summed E-state index contributed by atoms with van der Waals surface area (Å²) in [7, 11) is 0. The Balaban J connectivity index is 1.51. The van der Waals surface area contributed by atoms with Crippen molar-refractivity contribution in [2.24, 2.45) is 51.2 Å². The lowest BCUT2D eigenvalue weighted by atomic mass is 9.36. The summed E-state index contributed by atoms with van der Waals surface area (Å²) in [5.74, 6) is 1.70. The van der Waals surface area contributed by atoms with Crippen molar-refractivity contribution < 1.29 is 40.1 Å². The number of aliphatic hydroxyl groups is 6. The molecule has 0 aromatic heterocycles. The Morgan fingerprint density at radius 2 is 1.63 bits per heavy atom. The molecule has 46 heavy (non-hydrogen) atoms. The molecule has 6 N–H and O–H groups in total. The molecule has 1 heterocycles. The summed E-state index contributed by atoms with van der Waals surface area (Å²) in [5.41, 5.74) is -0.255. The van der Waals surface area contributed by atoms with Crippen LogP contribution in [0.2, 0.25) is 0 Å². The highest BCUT2D eigenvalue weighted by Crippen LogP contribution is 2.74. The molecule has 4 aliphatic carbocycles. The minimum absolute atomic E-state index is 0.100. The van der Waals surface area contributed by atoms with Crippen LogP contribution in [0.4, 0.5) is 0 Å². The number of fused-ring (bicyclic) bond motifs is 5. The lowest BCUT2D eigenvalue weighted by Crippen LogP contribution is -2.66. The van der Waals surface area contributed by atoms with Gasteiger partial charge in [-0.3, -0.25) is 0 Å². The monoisotopic (exact) mass is 650 g/mol. The first-order chi connectivity index (χ1) is 21.1. The fraction of sp³-hybridized carbons (Fsp3) is 0.947. The van der Waals surface area contributed by atoms with E-state index in [4.69, 9.17) is 9.47 Å². The van der Waals surface area contributed by atoms with Crippen molar-refractivity contribution in [1.29, 1.82) is 0 Å². The Morgan fingerprint density at radius 1 is 0.978 bits per heavy atom. The minimum atomic E-state index is -1.39. The third kappa shape index (κ3) is 5.57. The number of rotatable bonds is 8. The molecule has 16 unspecified atom stereocenters. The van der Waals surface area contributed by atoms with Crippen LogP contribution in [0.5, 0.6) is 0 Å². The molecule has 8 heteroatoms. The molecule has 0 spiro atoms. The molecule has 16 atom stereocenters. The Hall–Kier alpha value is -0.580. The molecule has 4 fully saturated rings. The van der Waals surface area contributed by atoms with Crippen LogP contribution >= 0.6 is 0 Å². The van der Waals surface area contributed by atoms with Gasteiger partial charge in [0.25, 0.3) is 0 Å². The van der Waals surface area contributed by atoms with E-state index in [0.717, 1.165) is 25.7 Å². The first kappa shape index (κ1) is 36.7. The molecular formula is C38H66O8. The first-order valence-corrected chi connectivity index (χ1v) is 18.3. The molecule has 1 aliphatic heterocycles. The number of hydrogen-bond donors (Lipinski definition) is 6. The van der Waals surface area contributed by atoms with Crippen molar-refractivity contribution in [2.75, 3.05) is 0 Å². The van der Waals surface area contributed by atoms with Crippen molar-refractivity contribution in [2.45, 2.75) is 175 Å². The molecule has 3 saturated carbocycles. The standard InChI is InChI=1S/C38H66O8/c1-11-24-29(40)30(41)31(42)33(45-24)46-28-19-27-34(4,5)21(3)14-16-37(27,9)26-15-17-36(8)22(12-13-25(36)38(26,28)10)20(2)18-23(39)32(43)35(6,7)44/h13,20-24,26-33,39-44H,11-12,14-19H2,1-10H3. The van der Waals surface area contributed by atoms with Crippen LogP contribution in [0, 0.1) is 51.2 Å². The minimum Gasteiger partial charge on any atom is -0.390 e. The third-order valence-corrected chi connectivity index (χ3v) is 15.0. The quantitative estimate of drug-likeness (QED) is 0.160. The van der Waals surface area contributed by atoms with Gasteiger partial charge in [0.1, 0.15) is 24.4 Å². The molecule has 0 amide bonds. The van der Waals surface area contributed by atoms with E-state index in [1.807, 2.05) is 6.92 Å². The van der Waals surface area contributed by atoms with E-state index < -0.39 is 48.5 Å². The van der Waals surface area contributed by atoms with Crippen LogP contribution in [0.15, 0.2) is 11.6 Å². The van der Waals surface area contributed by atoms with Gasteiger partial charge in [-0.15, -0.1) is 0 Å². The Bertz CT molecular complexity index is 1130. The van der Waals surface area contributed by atoms with Crippen molar-refractivity contribution in [3.63, 3.8) is 0 Å². The second-order valence-electron chi connectivity index (χ2n) is 18.2. The van der Waals surface area contributed by atoms with Gasteiger partial charge in [-0.2, -0.15) is 0 Å². The van der Waals surface area contributed by atoms with Gasteiger partial charge in [0.05, 0.1) is 23.9 Å². The molecule has 0 aromatic carbocycles. The SMILES string of the molecule is CCC1OC(OC2CC3C(C)(C)C(C)CCC3(C)C3CCC4(C)C(=CCC4C(C)CC(O)C(O)C(C)(C)O)C23C)C(O)C(O)C1O. The summed E-state index contributed by atoms with van der Waals surface area (Å²) < 4.78 is 13.2. The van der Waals surface area contributed by atoms with Crippen molar-refractivity contribution in [3.8, 4) is 0 Å². The second kappa shape index (κ2) is 12.3. The largest absolute Gasteiger partial charge is 0.390 e. The summed E-state index contributed by atoms with van der Waals surface area (Å²) in [5, 5.41) is 64.5. The van der Waals surface area contributed by atoms with Crippen molar-refractivity contribution >= 4 is 0 Å². The lowest BCUT2D eigenvalue weighted by molar-refractivity contribution is -0.331. The average Bonchev–Trinajstić information content (AvgIpc) is 3.34. The van der Waals surface area contributed by atoms with Crippen LogP contribution < -0.4 is 0 Å². The van der Waals surface area contributed by atoms with Gasteiger partial charge in [0.15, 0.2) is 6.29 Å². The van der Waals surface area contributed by atoms with E-state index >= 15 is 0 Å². The highest BCUT2D eigenvalue weighted by molar-refractivity contribution is 5.36. The molecule has 0 radical (unpaired) electrons. The van der Waals surface area contributed by atoms with Crippen LogP contribution in [-0.4, -0.2) is 85.3 Å². The summed E-state index contributed by atoms with van der Waals surface area (Å²) in [6.45, 7) is 21.7. The number of aliphatic hydroxyl groups excluding tert-OH is 5. The zero-order valence-corrected chi connectivity index (χ0v) is 30.2. The van der Waals surface area contributed by atoms with Gasteiger partial charge >= 0.3 is 0 Å². The number of allylic oxidation sites excluding steroid dienone is 1. The van der Waals surface area contributed by atoms with Crippen LogP contribution in [0.1, 0.15) is 121 Å². The van der Waals surface area contributed by atoms with E-state index in [9.17, 15) is 30.6 Å².